The highest BCUT2D eigenvalue weighted by molar-refractivity contribution is 5.86. The molecule has 3 nitrogen and oxygen atoms in total. The first-order valence-electron chi connectivity index (χ1n) is 4.75. The summed E-state index contributed by atoms with van der Waals surface area (Å²) in [5, 5.41) is 0. The third-order valence-corrected chi connectivity index (χ3v) is 3.13. The van der Waals surface area contributed by atoms with Crippen molar-refractivity contribution in [1.82, 2.24) is 0 Å². The van der Waals surface area contributed by atoms with Crippen molar-refractivity contribution in [3.63, 3.8) is 0 Å². The van der Waals surface area contributed by atoms with Gasteiger partial charge in [-0.15, -0.1) is 12.4 Å². The van der Waals surface area contributed by atoms with E-state index in [-0.39, 0.29) is 24.2 Å². The molecule has 82 valence electrons. The second-order valence-electron chi connectivity index (χ2n) is 3.89. The van der Waals surface area contributed by atoms with Crippen LogP contribution in [-0.4, -0.2) is 12.5 Å². The molecule has 1 aliphatic rings. The van der Waals surface area contributed by atoms with Crippen LogP contribution in [0.15, 0.2) is 30.3 Å². The van der Waals surface area contributed by atoms with Gasteiger partial charge < -0.3 is 11.5 Å². The van der Waals surface area contributed by atoms with Crippen LogP contribution in [0.1, 0.15) is 17.9 Å². The first-order chi connectivity index (χ1) is 6.70. The van der Waals surface area contributed by atoms with Gasteiger partial charge in [-0.3, -0.25) is 4.79 Å². The molecule has 15 heavy (non-hydrogen) atoms. The van der Waals surface area contributed by atoms with Crippen LogP contribution in [0, 0.1) is 5.41 Å². The number of rotatable bonds is 3. The van der Waals surface area contributed by atoms with E-state index in [1.807, 2.05) is 30.3 Å². The zero-order chi connectivity index (χ0) is 10.2. The van der Waals surface area contributed by atoms with Crippen molar-refractivity contribution in [2.24, 2.45) is 16.9 Å². The first-order valence-corrected chi connectivity index (χ1v) is 4.75. The van der Waals surface area contributed by atoms with Crippen molar-refractivity contribution >= 4 is 18.3 Å². The largest absolute Gasteiger partial charge is 0.369 e. The number of hydrogen-bond donors (Lipinski definition) is 2. The summed E-state index contributed by atoms with van der Waals surface area (Å²) in [6.07, 6.45) is 0.794. The molecule has 1 fully saturated rings. The van der Waals surface area contributed by atoms with Gasteiger partial charge in [-0.2, -0.15) is 0 Å². The molecule has 1 saturated carbocycles. The molecule has 0 radical (unpaired) electrons. The minimum absolute atomic E-state index is 0. The summed E-state index contributed by atoms with van der Waals surface area (Å²) in [6, 6.07) is 9.93. The third kappa shape index (κ3) is 1.85. The van der Waals surface area contributed by atoms with Crippen molar-refractivity contribution in [2.45, 2.75) is 12.3 Å². The fraction of sp³-hybridized carbons (Fsp3) is 0.364. The van der Waals surface area contributed by atoms with E-state index in [1.165, 1.54) is 0 Å². The number of hydrogen-bond acceptors (Lipinski definition) is 2. The van der Waals surface area contributed by atoms with Crippen LogP contribution in [-0.2, 0) is 4.79 Å². The Labute approximate surface area is 95.2 Å². The molecule has 0 aliphatic heterocycles. The fourth-order valence-corrected chi connectivity index (χ4v) is 2.03. The van der Waals surface area contributed by atoms with Gasteiger partial charge in [0.25, 0.3) is 0 Å². The van der Waals surface area contributed by atoms with Crippen LogP contribution >= 0.6 is 12.4 Å². The van der Waals surface area contributed by atoms with Crippen molar-refractivity contribution in [3.8, 4) is 0 Å². The maximum atomic E-state index is 11.2. The lowest BCUT2D eigenvalue weighted by Gasteiger charge is -2.09. The van der Waals surface area contributed by atoms with Gasteiger partial charge in [0.1, 0.15) is 0 Å². The highest BCUT2D eigenvalue weighted by Gasteiger charge is 2.58. The van der Waals surface area contributed by atoms with Crippen LogP contribution in [0.3, 0.4) is 0 Å². The molecular weight excluding hydrogens is 212 g/mol. The molecule has 4 N–H and O–H groups in total. The quantitative estimate of drug-likeness (QED) is 0.808. The summed E-state index contributed by atoms with van der Waals surface area (Å²) >= 11 is 0. The van der Waals surface area contributed by atoms with Gasteiger partial charge in [-0.1, -0.05) is 30.3 Å². The van der Waals surface area contributed by atoms with Gasteiger partial charge in [-0.25, -0.2) is 0 Å². The van der Waals surface area contributed by atoms with Gasteiger partial charge >= 0.3 is 0 Å². The van der Waals surface area contributed by atoms with Crippen molar-refractivity contribution in [2.75, 3.05) is 6.54 Å². The molecule has 0 aromatic heterocycles. The summed E-state index contributed by atoms with van der Waals surface area (Å²) in [6.45, 7) is 0.349. The van der Waals surface area contributed by atoms with E-state index in [9.17, 15) is 4.79 Å². The second kappa shape index (κ2) is 4.21. The molecule has 1 amide bonds. The van der Waals surface area contributed by atoms with Crippen LogP contribution in [0.5, 0.6) is 0 Å². The lowest BCUT2D eigenvalue weighted by molar-refractivity contribution is -0.122. The molecule has 2 unspecified atom stereocenters. The minimum atomic E-state index is -0.471. The monoisotopic (exact) mass is 226 g/mol. The lowest BCUT2D eigenvalue weighted by Crippen LogP contribution is -2.33. The number of halogens is 1. The average molecular weight is 227 g/mol. The molecule has 1 aromatic rings. The summed E-state index contributed by atoms with van der Waals surface area (Å²) in [7, 11) is 0. The predicted molar refractivity (Wildman–Crippen MR) is 61.7 cm³/mol. The Bertz CT molecular complexity index is 355. The van der Waals surface area contributed by atoms with Crippen molar-refractivity contribution in [3.05, 3.63) is 35.9 Å². The molecule has 0 bridgehead atoms. The normalized spacial score (nSPS) is 27.9. The van der Waals surface area contributed by atoms with Crippen LogP contribution < -0.4 is 11.5 Å². The smallest absolute Gasteiger partial charge is 0.225 e. The maximum absolute atomic E-state index is 11.2. The molecule has 0 spiro atoms. The highest BCUT2D eigenvalue weighted by Crippen LogP contribution is 2.58. The van der Waals surface area contributed by atoms with E-state index in [0.29, 0.717) is 6.54 Å². The Balaban J connectivity index is 0.00000112. The minimum Gasteiger partial charge on any atom is -0.369 e. The summed E-state index contributed by atoms with van der Waals surface area (Å²) in [5.41, 5.74) is 11.6. The molecule has 0 saturated heterocycles. The predicted octanol–water partition coefficient (Wildman–Crippen LogP) is 1.03. The van der Waals surface area contributed by atoms with Gasteiger partial charge in [0, 0.05) is 12.5 Å². The maximum Gasteiger partial charge on any atom is 0.225 e. The number of carbonyl (C=O) groups is 1. The SMILES string of the molecule is Cl.NCC1(C(N)=O)CC1c1ccccc1. The van der Waals surface area contributed by atoms with Gasteiger partial charge in [0.2, 0.25) is 5.91 Å². The van der Waals surface area contributed by atoms with E-state index >= 15 is 0 Å². The Morgan fingerprint density at radius 1 is 1.40 bits per heavy atom. The summed E-state index contributed by atoms with van der Waals surface area (Å²) < 4.78 is 0. The topological polar surface area (TPSA) is 69.1 Å². The number of benzene rings is 1. The van der Waals surface area contributed by atoms with Gasteiger partial charge in [0.15, 0.2) is 0 Å². The van der Waals surface area contributed by atoms with E-state index in [1.54, 1.807) is 0 Å². The van der Waals surface area contributed by atoms with Gasteiger partial charge in [-0.05, 0) is 12.0 Å². The Morgan fingerprint density at radius 2 is 2.00 bits per heavy atom. The summed E-state index contributed by atoms with van der Waals surface area (Å²) in [5.74, 6) is -0.0416. The molecule has 2 rings (SSSR count). The first kappa shape index (κ1) is 12.0. The van der Waals surface area contributed by atoms with E-state index in [2.05, 4.69) is 0 Å². The number of amides is 1. The molecule has 2 atom stereocenters. The summed E-state index contributed by atoms with van der Waals surface area (Å²) in [4.78, 5) is 11.2. The van der Waals surface area contributed by atoms with E-state index < -0.39 is 5.41 Å². The lowest BCUT2D eigenvalue weighted by atomic mass is 9.99. The number of carbonyl (C=O) groups excluding carboxylic acids is 1. The fourth-order valence-electron chi connectivity index (χ4n) is 2.03. The van der Waals surface area contributed by atoms with Crippen LogP contribution in [0.25, 0.3) is 0 Å². The highest BCUT2D eigenvalue weighted by atomic mass is 35.5. The zero-order valence-electron chi connectivity index (χ0n) is 8.35. The Kier molecular flexibility index (Phi) is 3.37. The van der Waals surface area contributed by atoms with E-state index in [0.717, 1.165) is 12.0 Å². The number of nitrogens with two attached hydrogens (primary N) is 2. The van der Waals surface area contributed by atoms with Crippen molar-refractivity contribution in [1.29, 1.82) is 0 Å². The Hall–Kier alpha value is -1.06. The zero-order valence-corrected chi connectivity index (χ0v) is 9.17. The third-order valence-electron chi connectivity index (χ3n) is 3.13. The van der Waals surface area contributed by atoms with Crippen LogP contribution in [0.4, 0.5) is 0 Å². The molecular formula is C11H15ClN2O. The molecule has 0 heterocycles. The van der Waals surface area contributed by atoms with Gasteiger partial charge in [0.05, 0.1) is 5.41 Å². The molecule has 1 aliphatic carbocycles. The average Bonchev–Trinajstić information content (AvgIpc) is 2.95. The standard InChI is InChI=1S/C11H14N2O.ClH/c12-7-11(10(13)14)6-9(11)8-4-2-1-3-5-8;/h1-5,9H,6-7,12H2,(H2,13,14);1H. The van der Waals surface area contributed by atoms with Crippen LogP contribution in [0.2, 0.25) is 0 Å². The molecule has 4 heteroatoms. The second-order valence-corrected chi connectivity index (χ2v) is 3.89. The Morgan fingerprint density at radius 3 is 2.40 bits per heavy atom. The van der Waals surface area contributed by atoms with E-state index in [4.69, 9.17) is 11.5 Å². The molecule has 1 aromatic carbocycles. The number of primary amides is 1. The van der Waals surface area contributed by atoms with Crippen molar-refractivity contribution < 1.29 is 4.79 Å².